The molecule has 1 aliphatic heterocycles. The van der Waals surface area contributed by atoms with E-state index in [-0.39, 0.29) is 6.04 Å². The topological polar surface area (TPSA) is 47.7 Å². The Morgan fingerprint density at radius 1 is 1.23 bits per heavy atom. The Labute approximate surface area is 134 Å². The van der Waals surface area contributed by atoms with Crippen molar-refractivity contribution in [1.82, 2.24) is 4.90 Å². The van der Waals surface area contributed by atoms with Gasteiger partial charge in [0, 0.05) is 51.2 Å². The molecule has 0 bridgehead atoms. The van der Waals surface area contributed by atoms with Crippen LogP contribution >= 0.6 is 0 Å². The minimum absolute atomic E-state index is 0.280. The van der Waals surface area contributed by atoms with Crippen molar-refractivity contribution >= 4 is 0 Å². The lowest BCUT2D eigenvalue weighted by atomic mass is 9.92. The van der Waals surface area contributed by atoms with Crippen LogP contribution in [0.5, 0.6) is 0 Å². The number of nitrogens with zero attached hydrogens (tertiary/aromatic N) is 1. The van der Waals surface area contributed by atoms with Gasteiger partial charge in [-0.3, -0.25) is 4.90 Å². The van der Waals surface area contributed by atoms with E-state index in [9.17, 15) is 0 Å². The third kappa shape index (κ3) is 3.87. The highest BCUT2D eigenvalue weighted by atomic mass is 16.7. The van der Waals surface area contributed by atoms with Gasteiger partial charge in [0.05, 0.1) is 0 Å². The molecule has 4 heteroatoms. The van der Waals surface area contributed by atoms with Gasteiger partial charge in [-0.2, -0.15) is 0 Å². The summed E-state index contributed by atoms with van der Waals surface area (Å²) in [7, 11) is 0. The van der Waals surface area contributed by atoms with Crippen molar-refractivity contribution in [3.8, 4) is 0 Å². The number of benzene rings is 1. The fourth-order valence-corrected chi connectivity index (χ4v) is 3.54. The molecule has 2 rings (SSSR count). The van der Waals surface area contributed by atoms with Crippen LogP contribution in [0.4, 0.5) is 0 Å². The summed E-state index contributed by atoms with van der Waals surface area (Å²) < 4.78 is 11.9. The summed E-state index contributed by atoms with van der Waals surface area (Å²) in [5.41, 5.74) is 7.40. The zero-order chi connectivity index (χ0) is 16.0. The molecule has 1 heterocycles. The molecule has 1 aromatic rings. The first kappa shape index (κ1) is 17.4. The average Bonchev–Trinajstić information content (AvgIpc) is 2.55. The second kappa shape index (κ2) is 8.06. The van der Waals surface area contributed by atoms with Crippen molar-refractivity contribution in [2.45, 2.75) is 51.5 Å². The second-order valence-corrected chi connectivity index (χ2v) is 5.94. The summed E-state index contributed by atoms with van der Waals surface area (Å²) in [5, 5.41) is 0. The molecule has 124 valence electrons. The van der Waals surface area contributed by atoms with Gasteiger partial charge in [0.25, 0.3) is 0 Å². The third-order valence-electron chi connectivity index (χ3n) is 4.63. The molecule has 1 aliphatic rings. The van der Waals surface area contributed by atoms with Crippen molar-refractivity contribution in [3.63, 3.8) is 0 Å². The Morgan fingerprint density at radius 3 is 2.41 bits per heavy atom. The molecule has 2 N–H and O–H groups in total. The van der Waals surface area contributed by atoms with Crippen LogP contribution in [0.25, 0.3) is 0 Å². The zero-order valence-electron chi connectivity index (χ0n) is 14.1. The van der Waals surface area contributed by atoms with Crippen LogP contribution in [0.2, 0.25) is 0 Å². The lowest BCUT2D eigenvalue weighted by Gasteiger charge is -2.47. The number of rotatable bonds is 7. The Morgan fingerprint density at radius 2 is 1.86 bits per heavy atom. The summed E-state index contributed by atoms with van der Waals surface area (Å²) in [6, 6.07) is 11.3. The van der Waals surface area contributed by atoms with E-state index >= 15 is 0 Å². The summed E-state index contributed by atoms with van der Waals surface area (Å²) in [6.45, 7) is 9.22. The number of ether oxygens (including phenoxy) is 2. The normalized spacial score (nSPS) is 23.4. The van der Waals surface area contributed by atoms with E-state index < -0.39 is 5.79 Å². The van der Waals surface area contributed by atoms with Gasteiger partial charge in [0.1, 0.15) is 0 Å². The van der Waals surface area contributed by atoms with Gasteiger partial charge in [-0.05, 0) is 26.3 Å². The lowest BCUT2D eigenvalue weighted by Crippen LogP contribution is -2.55. The first-order valence-electron chi connectivity index (χ1n) is 8.44. The molecular formula is C18H30N2O2. The van der Waals surface area contributed by atoms with E-state index in [4.69, 9.17) is 15.2 Å². The minimum atomic E-state index is -0.458. The van der Waals surface area contributed by atoms with Gasteiger partial charge in [-0.15, -0.1) is 0 Å². The summed E-state index contributed by atoms with van der Waals surface area (Å²) >= 11 is 0. The second-order valence-electron chi connectivity index (χ2n) is 5.94. The van der Waals surface area contributed by atoms with Crippen molar-refractivity contribution in [2.24, 2.45) is 5.73 Å². The molecule has 0 aromatic heterocycles. The van der Waals surface area contributed by atoms with Crippen molar-refractivity contribution in [1.29, 1.82) is 0 Å². The SMILES string of the molecule is CCOC1(OCC)CCN([C@@H](C)c2ccccc2)[C@@H](CN)C1. The van der Waals surface area contributed by atoms with E-state index in [1.807, 2.05) is 13.8 Å². The van der Waals surface area contributed by atoms with E-state index in [1.54, 1.807) is 0 Å². The highest BCUT2D eigenvalue weighted by molar-refractivity contribution is 5.19. The molecule has 1 fully saturated rings. The predicted molar refractivity (Wildman–Crippen MR) is 89.6 cm³/mol. The first-order valence-corrected chi connectivity index (χ1v) is 8.44. The predicted octanol–water partition coefficient (Wildman–Crippen LogP) is 2.94. The van der Waals surface area contributed by atoms with Crippen molar-refractivity contribution in [2.75, 3.05) is 26.3 Å². The van der Waals surface area contributed by atoms with Crippen LogP contribution in [-0.2, 0) is 9.47 Å². The molecule has 4 nitrogen and oxygen atoms in total. The van der Waals surface area contributed by atoms with Gasteiger partial charge in [-0.1, -0.05) is 30.3 Å². The van der Waals surface area contributed by atoms with E-state index in [1.165, 1.54) is 5.56 Å². The molecule has 0 amide bonds. The fourth-order valence-electron chi connectivity index (χ4n) is 3.54. The van der Waals surface area contributed by atoms with E-state index in [0.29, 0.717) is 25.8 Å². The van der Waals surface area contributed by atoms with Gasteiger partial charge in [0.2, 0.25) is 0 Å². The molecule has 0 saturated carbocycles. The zero-order valence-corrected chi connectivity index (χ0v) is 14.1. The Bertz CT molecular complexity index is 432. The highest BCUT2D eigenvalue weighted by Gasteiger charge is 2.42. The maximum absolute atomic E-state index is 6.07. The fraction of sp³-hybridized carbons (Fsp3) is 0.667. The standard InChI is InChI=1S/C18H30N2O2/c1-4-21-18(22-5-2)11-12-20(17(13-18)14-19)15(3)16-9-7-6-8-10-16/h6-10,15,17H,4-5,11-14,19H2,1-3H3/t15-,17+/m0/s1. The number of nitrogens with two attached hydrogens (primary N) is 1. The molecular weight excluding hydrogens is 276 g/mol. The summed E-state index contributed by atoms with van der Waals surface area (Å²) in [6.07, 6.45) is 1.73. The molecule has 0 spiro atoms. The van der Waals surface area contributed by atoms with Crippen LogP contribution in [0.15, 0.2) is 30.3 Å². The Hall–Kier alpha value is -0.940. The summed E-state index contributed by atoms with van der Waals surface area (Å²) in [5.74, 6) is -0.458. The molecule has 0 radical (unpaired) electrons. The van der Waals surface area contributed by atoms with Gasteiger partial charge < -0.3 is 15.2 Å². The van der Waals surface area contributed by atoms with Gasteiger partial charge >= 0.3 is 0 Å². The number of hydrogen-bond acceptors (Lipinski definition) is 4. The maximum atomic E-state index is 6.07. The van der Waals surface area contributed by atoms with Gasteiger partial charge in [0.15, 0.2) is 5.79 Å². The summed E-state index contributed by atoms with van der Waals surface area (Å²) in [4.78, 5) is 2.49. The molecule has 0 aliphatic carbocycles. The molecule has 1 aromatic carbocycles. The molecule has 1 saturated heterocycles. The average molecular weight is 306 g/mol. The smallest absolute Gasteiger partial charge is 0.170 e. The number of hydrogen-bond donors (Lipinski definition) is 1. The van der Waals surface area contributed by atoms with Crippen molar-refractivity contribution in [3.05, 3.63) is 35.9 Å². The van der Waals surface area contributed by atoms with Crippen LogP contribution in [0.3, 0.4) is 0 Å². The molecule has 0 unspecified atom stereocenters. The Kier molecular flexibility index (Phi) is 6.38. The lowest BCUT2D eigenvalue weighted by molar-refractivity contribution is -0.262. The monoisotopic (exact) mass is 306 g/mol. The highest BCUT2D eigenvalue weighted by Crippen LogP contribution is 2.35. The van der Waals surface area contributed by atoms with E-state index in [2.05, 4.69) is 42.2 Å². The van der Waals surface area contributed by atoms with E-state index in [0.717, 1.165) is 19.4 Å². The number of likely N-dealkylation sites (tertiary alicyclic amines) is 1. The quantitative estimate of drug-likeness (QED) is 0.787. The largest absolute Gasteiger partial charge is 0.350 e. The van der Waals surface area contributed by atoms with Crippen LogP contribution < -0.4 is 5.73 Å². The molecule has 2 atom stereocenters. The Balaban J connectivity index is 2.12. The first-order chi connectivity index (χ1) is 10.7. The molecule has 22 heavy (non-hydrogen) atoms. The van der Waals surface area contributed by atoms with Gasteiger partial charge in [-0.25, -0.2) is 0 Å². The maximum Gasteiger partial charge on any atom is 0.170 e. The number of piperidine rings is 1. The van der Waals surface area contributed by atoms with Crippen molar-refractivity contribution < 1.29 is 9.47 Å². The third-order valence-corrected chi connectivity index (χ3v) is 4.63. The van der Waals surface area contributed by atoms with Crippen LogP contribution in [-0.4, -0.2) is 43.0 Å². The minimum Gasteiger partial charge on any atom is -0.350 e. The van der Waals surface area contributed by atoms with Crippen LogP contribution in [0, 0.1) is 0 Å². The van der Waals surface area contributed by atoms with Crippen LogP contribution in [0.1, 0.15) is 45.2 Å².